The first-order chi connectivity index (χ1) is 11.3. The van der Waals surface area contributed by atoms with Crippen molar-refractivity contribution in [3.05, 3.63) is 53.6 Å². The lowest BCUT2D eigenvalue weighted by atomic mass is 10.1. The summed E-state index contributed by atoms with van der Waals surface area (Å²) >= 11 is 0. The maximum Gasteiger partial charge on any atom is 0.416 e. The zero-order chi connectivity index (χ0) is 17.3. The number of halogens is 3. The minimum Gasteiger partial charge on any atom is -0.478 e. The number of aromatic nitrogens is 4. The van der Waals surface area contributed by atoms with E-state index in [1.165, 1.54) is 23.0 Å². The van der Waals surface area contributed by atoms with E-state index in [9.17, 15) is 18.0 Å². The summed E-state index contributed by atoms with van der Waals surface area (Å²) < 4.78 is 44.4. The highest BCUT2D eigenvalue weighted by Crippen LogP contribution is 2.31. The number of carboxylic acids is 1. The van der Waals surface area contributed by atoms with E-state index in [0.717, 1.165) is 18.3 Å². The highest BCUT2D eigenvalue weighted by Gasteiger charge is 2.30. The van der Waals surface area contributed by atoms with Crippen molar-refractivity contribution in [1.29, 1.82) is 0 Å². The van der Waals surface area contributed by atoms with Crippen molar-refractivity contribution in [1.82, 2.24) is 19.9 Å². The third kappa shape index (κ3) is 3.26. The van der Waals surface area contributed by atoms with Gasteiger partial charge in [0, 0.05) is 11.8 Å². The summed E-state index contributed by atoms with van der Waals surface area (Å²) in [5, 5.41) is 16.3. The molecule has 24 heavy (non-hydrogen) atoms. The molecule has 0 aliphatic carbocycles. The number of nitrogens with zero attached hydrogens (tertiary/aromatic N) is 4. The van der Waals surface area contributed by atoms with Crippen molar-refractivity contribution in [2.24, 2.45) is 0 Å². The summed E-state index contributed by atoms with van der Waals surface area (Å²) in [7, 11) is 0. The molecule has 0 aliphatic rings. The van der Waals surface area contributed by atoms with Gasteiger partial charge < -0.3 is 9.63 Å². The Balaban J connectivity index is 1.81. The van der Waals surface area contributed by atoms with Crippen LogP contribution in [-0.2, 0) is 12.7 Å². The lowest BCUT2D eigenvalue weighted by Crippen LogP contribution is -2.04. The molecule has 10 heteroatoms. The van der Waals surface area contributed by atoms with Crippen molar-refractivity contribution in [2.45, 2.75) is 12.7 Å². The third-order valence-corrected chi connectivity index (χ3v) is 3.09. The molecule has 2 heterocycles. The van der Waals surface area contributed by atoms with Crippen LogP contribution in [0.2, 0.25) is 0 Å². The van der Waals surface area contributed by atoms with Gasteiger partial charge >= 0.3 is 12.1 Å². The van der Waals surface area contributed by atoms with Gasteiger partial charge in [0.25, 0.3) is 5.89 Å². The molecule has 0 aliphatic heterocycles. The molecule has 0 fully saturated rings. The van der Waals surface area contributed by atoms with Gasteiger partial charge in [-0.15, -0.1) is 0 Å². The number of hydrogen-bond acceptors (Lipinski definition) is 5. The largest absolute Gasteiger partial charge is 0.478 e. The number of benzene rings is 1. The lowest BCUT2D eigenvalue weighted by molar-refractivity contribution is -0.137. The van der Waals surface area contributed by atoms with Gasteiger partial charge in [-0.05, 0) is 18.2 Å². The van der Waals surface area contributed by atoms with Crippen LogP contribution in [0.4, 0.5) is 13.2 Å². The predicted octanol–water partition coefficient (Wildman–Crippen LogP) is 2.70. The molecule has 0 atom stereocenters. The molecule has 3 aromatic rings. The molecule has 2 aromatic heterocycles. The molecule has 124 valence electrons. The minimum atomic E-state index is -4.47. The summed E-state index contributed by atoms with van der Waals surface area (Å²) in [6.45, 7) is 0.0236. The smallest absolute Gasteiger partial charge is 0.416 e. The van der Waals surface area contributed by atoms with Crippen LogP contribution >= 0.6 is 0 Å². The molecule has 0 spiro atoms. The molecule has 1 N–H and O–H groups in total. The van der Waals surface area contributed by atoms with Crippen LogP contribution in [0.15, 0.2) is 41.2 Å². The maximum atomic E-state index is 12.7. The van der Waals surface area contributed by atoms with Crippen molar-refractivity contribution in [3.63, 3.8) is 0 Å². The average Bonchev–Trinajstić information content (AvgIpc) is 3.16. The van der Waals surface area contributed by atoms with Gasteiger partial charge in [-0.2, -0.15) is 23.3 Å². The Labute approximate surface area is 132 Å². The minimum absolute atomic E-state index is 0.00315. The Hall–Kier alpha value is -3.17. The number of alkyl halides is 3. The summed E-state index contributed by atoms with van der Waals surface area (Å²) in [6.07, 6.45) is -2.03. The molecule has 7 nitrogen and oxygen atoms in total. The van der Waals surface area contributed by atoms with Crippen LogP contribution in [0.3, 0.4) is 0 Å². The van der Waals surface area contributed by atoms with Gasteiger partial charge in [0.05, 0.1) is 17.3 Å². The molecule has 0 radical (unpaired) electrons. The van der Waals surface area contributed by atoms with E-state index in [4.69, 9.17) is 9.63 Å². The summed E-state index contributed by atoms with van der Waals surface area (Å²) in [5.74, 6) is -1.04. The van der Waals surface area contributed by atoms with E-state index in [1.54, 1.807) is 0 Å². The number of hydrogen-bond donors (Lipinski definition) is 1. The van der Waals surface area contributed by atoms with Gasteiger partial charge in [-0.1, -0.05) is 11.2 Å². The highest BCUT2D eigenvalue weighted by molar-refractivity contribution is 5.86. The predicted molar refractivity (Wildman–Crippen MR) is 73.0 cm³/mol. The molecule has 0 bridgehead atoms. The van der Waals surface area contributed by atoms with Crippen LogP contribution in [0.1, 0.15) is 21.7 Å². The Morgan fingerprint density at radius 3 is 2.79 bits per heavy atom. The number of rotatable bonds is 4. The monoisotopic (exact) mass is 338 g/mol. The molecule has 0 saturated carbocycles. The second-order valence-electron chi connectivity index (χ2n) is 4.83. The Morgan fingerprint density at radius 2 is 2.12 bits per heavy atom. The van der Waals surface area contributed by atoms with Crippen LogP contribution in [-0.4, -0.2) is 31.0 Å². The van der Waals surface area contributed by atoms with Crippen molar-refractivity contribution < 1.29 is 27.6 Å². The van der Waals surface area contributed by atoms with Crippen molar-refractivity contribution in [2.75, 3.05) is 0 Å². The first kappa shape index (κ1) is 15.7. The number of aromatic carboxylic acids is 1. The van der Waals surface area contributed by atoms with E-state index in [0.29, 0.717) is 0 Å². The fraction of sp³-hybridized carbons (Fsp3) is 0.143. The Morgan fingerprint density at radius 1 is 1.33 bits per heavy atom. The van der Waals surface area contributed by atoms with E-state index < -0.39 is 17.7 Å². The molecular weight excluding hydrogens is 329 g/mol. The van der Waals surface area contributed by atoms with Gasteiger partial charge in [0.1, 0.15) is 6.54 Å². The van der Waals surface area contributed by atoms with Gasteiger partial charge in [0.15, 0.2) is 5.82 Å². The van der Waals surface area contributed by atoms with Crippen LogP contribution in [0, 0.1) is 0 Å². The van der Waals surface area contributed by atoms with Crippen LogP contribution < -0.4 is 0 Å². The van der Waals surface area contributed by atoms with Crippen molar-refractivity contribution in [3.8, 4) is 11.5 Å². The quantitative estimate of drug-likeness (QED) is 0.786. The maximum absolute atomic E-state index is 12.7. The number of carboxylic acid groups (broad SMARTS) is 1. The first-order valence-corrected chi connectivity index (χ1v) is 6.59. The fourth-order valence-electron chi connectivity index (χ4n) is 1.97. The third-order valence-electron chi connectivity index (χ3n) is 3.09. The molecule has 0 saturated heterocycles. The SMILES string of the molecule is O=C(O)c1cnn(Cc2noc(-c3cccc(C(F)(F)F)c3)n2)c1. The Kier molecular flexibility index (Phi) is 3.80. The zero-order valence-corrected chi connectivity index (χ0v) is 11.9. The summed E-state index contributed by atoms with van der Waals surface area (Å²) in [5.41, 5.74) is -0.690. The summed E-state index contributed by atoms with van der Waals surface area (Å²) in [6, 6.07) is 4.52. The lowest BCUT2D eigenvalue weighted by Gasteiger charge is -2.06. The van der Waals surface area contributed by atoms with Gasteiger partial charge in [0.2, 0.25) is 0 Å². The van der Waals surface area contributed by atoms with Gasteiger partial charge in [-0.25, -0.2) is 4.79 Å². The first-order valence-electron chi connectivity index (χ1n) is 6.59. The second-order valence-corrected chi connectivity index (χ2v) is 4.83. The van der Waals surface area contributed by atoms with Crippen LogP contribution in [0.5, 0.6) is 0 Å². The van der Waals surface area contributed by atoms with E-state index in [1.807, 2.05) is 0 Å². The second kappa shape index (κ2) is 5.80. The molecule has 0 unspecified atom stereocenters. The van der Waals surface area contributed by atoms with Crippen molar-refractivity contribution >= 4 is 5.97 Å². The fourth-order valence-corrected chi connectivity index (χ4v) is 1.97. The zero-order valence-electron chi connectivity index (χ0n) is 11.9. The molecule has 3 rings (SSSR count). The average molecular weight is 338 g/mol. The van der Waals surface area contributed by atoms with Gasteiger partial charge in [-0.3, -0.25) is 4.68 Å². The van der Waals surface area contributed by atoms with E-state index >= 15 is 0 Å². The highest BCUT2D eigenvalue weighted by atomic mass is 19.4. The van der Waals surface area contributed by atoms with E-state index in [2.05, 4.69) is 15.2 Å². The van der Waals surface area contributed by atoms with E-state index in [-0.39, 0.29) is 29.4 Å². The standard InChI is InChI=1S/C14H9F3N4O3/c15-14(16,17)10-3-1-2-8(4-10)12-19-11(20-24-12)7-21-6-9(5-18-21)13(22)23/h1-6H,7H2,(H,22,23). The molecule has 1 aromatic carbocycles. The normalized spacial score (nSPS) is 11.6. The molecule has 0 amide bonds. The Bertz CT molecular complexity index is 885. The molecular formula is C14H9F3N4O3. The number of carbonyl (C=O) groups is 1. The summed E-state index contributed by atoms with van der Waals surface area (Å²) in [4.78, 5) is 14.8. The topological polar surface area (TPSA) is 94.0 Å². The van der Waals surface area contributed by atoms with Crippen LogP contribution in [0.25, 0.3) is 11.5 Å².